The van der Waals surface area contributed by atoms with E-state index in [0.29, 0.717) is 13.1 Å². The van der Waals surface area contributed by atoms with Gasteiger partial charge in [-0.25, -0.2) is 0 Å². The molecule has 0 unspecified atom stereocenters. The average Bonchev–Trinajstić information content (AvgIpc) is 2.46. The first-order chi connectivity index (χ1) is 9.49. The minimum atomic E-state index is -0.407. The monoisotopic (exact) mass is 349 g/mol. The molecule has 7 heteroatoms. The van der Waals surface area contributed by atoms with Gasteiger partial charge in [0, 0.05) is 31.9 Å². The van der Waals surface area contributed by atoms with E-state index in [-0.39, 0.29) is 42.4 Å². The number of piperazine rings is 1. The number of carbonyl (C=O) groups excluding carboxylic acids is 1. The Labute approximate surface area is 144 Å². The fraction of sp³-hybridized carbons (Fsp3) is 0.533. The third kappa shape index (κ3) is 4.93. The average molecular weight is 350 g/mol. The van der Waals surface area contributed by atoms with Crippen molar-refractivity contribution in [1.82, 2.24) is 4.90 Å². The lowest BCUT2D eigenvalue weighted by Crippen LogP contribution is -2.54. The van der Waals surface area contributed by atoms with Gasteiger partial charge in [0.2, 0.25) is 5.91 Å². The Hall–Kier alpha value is -1.17. The van der Waals surface area contributed by atoms with Gasteiger partial charge in [-0.15, -0.1) is 24.8 Å². The molecule has 126 valence electrons. The van der Waals surface area contributed by atoms with Gasteiger partial charge in [-0.1, -0.05) is 13.8 Å². The summed E-state index contributed by atoms with van der Waals surface area (Å²) in [7, 11) is 0. The van der Waals surface area contributed by atoms with Crippen LogP contribution in [-0.4, -0.2) is 48.1 Å². The number of carbonyl (C=O) groups is 1. The Balaban J connectivity index is 0.00000220. The maximum atomic E-state index is 12.2. The highest BCUT2D eigenvalue weighted by atomic mass is 35.5. The molecule has 1 saturated heterocycles. The molecule has 1 aromatic rings. The van der Waals surface area contributed by atoms with E-state index in [1.165, 1.54) is 0 Å². The number of aromatic hydroxyl groups is 1. The van der Waals surface area contributed by atoms with Crippen LogP contribution in [-0.2, 0) is 4.79 Å². The van der Waals surface area contributed by atoms with E-state index < -0.39 is 6.04 Å². The maximum absolute atomic E-state index is 12.2. The molecule has 0 aromatic heterocycles. The summed E-state index contributed by atoms with van der Waals surface area (Å²) < 4.78 is 0. The molecule has 2 rings (SSSR count). The van der Waals surface area contributed by atoms with Gasteiger partial charge in [0.15, 0.2) is 0 Å². The van der Waals surface area contributed by atoms with Gasteiger partial charge in [0.25, 0.3) is 0 Å². The fourth-order valence-corrected chi connectivity index (χ4v) is 2.34. The van der Waals surface area contributed by atoms with Crippen LogP contribution >= 0.6 is 24.8 Å². The van der Waals surface area contributed by atoms with Crippen LogP contribution in [0.1, 0.15) is 13.8 Å². The number of nitrogens with zero attached hydrogens (tertiary/aromatic N) is 2. The van der Waals surface area contributed by atoms with Crippen LogP contribution in [0.25, 0.3) is 0 Å². The largest absolute Gasteiger partial charge is 0.508 e. The van der Waals surface area contributed by atoms with Crippen molar-refractivity contribution in [2.24, 2.45) is 11.7 Å². The Morgan fingerprint density at radius 2 is 1.59 bits per heavy atom. The fourth-order valence-electron chi connectivity index (χ4n) is 2.34. The van der Waals surface area contributed by atoms with Crippen molar-refractivity contribution in [3.8, 4) is 5.75 Å². The first-order valence-electron chi connectivity index (χ1n) is 7.07. The number of rotatable bonds is 3. The topological polar surface area (TPSA) is 69.8 Å². The number of anilines is 1. The van der Waals surface area contributed by atoms with E-state index in [1.807, 2.05) is 30.9 Å². The lowest BCUT2D eigenvalue weighted by molar-refractivity contribution is -0.133. The van der Waals surface area contributed by atoms with Crippen molar-refractivity contribution in [2.75, 3.05) is 31.1 Å². The van der Waals surface area contributed by atoms with Crippen LogP contribution < -0.4 is 10.6 Å². The van der Waals surface area contributed by atoms with Crippen molar-refractivity contribution in [1.29, 1.82) is 0 Å². The molecule has 1 fully saturated rings. The number of nitrogens with two attached hydrogens (primary N) is 1. The molecule has 0 bridgehead atoms. The smallest absolute Gasteiger partial charge is 0.239 e. The second-order valence-corrected chi connectivity index (χ2v) is 5.60. The second-order valence-electron chi connectivity index (χ2n) is 5.60. The molecule has 1 aliphatic heterocycles. The summed E-state index contributed by atoms with van der Waals surface area (Å²) in [5.41, 5.74) is 6.99. The number of hydrogen-bond donors (Lipinski definition) is 2. The highest BCUT2D eigenvalue weighted by molar-refractivity contribution is 5.85. The molecule has 1 heterocycles. The predicted octanol–water partition coefficient (Wildman–Crippen LogP) is 1.87. The molecular formula is C15H25Cl2N3O2. The number of amides is 1. The van der Waals surface area contributed by atoms with E-state index in [1.54, 1.807) is 12.1 Å². The van der Waals surface area contributed by atoms with Crippen LogP contribution in [0.5, 0.6) is 5.75 Å². The zero-order valence-electron chi connectivity index (χ0n) is 12.9. The normalized spacial score (nSPS) is 15.8. The molecule has 22 heavy (non-hydrogen) atoms. The Bertz CT molecular complexity index is 460. The summed E-state index contributed by atoms with van der Waals surface area (Å²) >= 11 is 0. The molecule has 0 aliphatic carbocycles. The van der Waals surface area contributed by atoms with Crippen molar-refractivity contribution in [3.05, 3.63) is 24.3 Å². The van der Waals surface area contributed by atoms with Crippen LogP contribution in [0.2, 0.25) is 0 Å². The van der Waals surface area contributed by atoms with Crippen LogP contribution in [0.4, 0.5) is 5.69 Å². The molecular weight excluding hydrogens is 325 g/mol. The molecule has 3 N–H and O–H groups in total. The van der Waals surface area contributed by atoms with Crippen molar-refractivity contribution >= 4 is 36.4 Å². The summed E-state index contributed by atoms with van der Waals surface area (Å²) in [6, 6.07) is 6.75. The first-order valence-corrected chi connectivity index (χ1v) is 7.07. The lowest BCUT2D eigenvalue weighted by Gasteiger charge is -2.37. The van der Waals surface area contributed by atoms with Gasteiger partial charge in [-0.2, -0.15) is 0 Å². The number of benzene rings is 1. The molecule has 0 saturated carbocycles. The molecule has 5 nitrogen and oxygen atoms in total. The summed E-state index contributed by atoms with van der Waals surface area (Å²) in [6.07, 6.45) is 0. The van der Waals surface area contributed by atoms with Crippen molar-refractivity contribution < 1.29 is 9.90 Å². The standard InChI is InChI=1S/C15H23N3O2.2ClH/c1-11(2)14(16)15(20)18-9-7-17(8-10-18)12-3-5-13(19)6-4-12;;/h3-6,11,14,19H,7-10,16H2,1-2H3;2*1H/t14-;;/m1../s1. The molecule has 1 aromatic carbocycles. The van der Waals surface area contributed by atoms with Gasteiger partial charge in [-0.05, 0) is 30.2 Å². The predicted molar refractivity (Wildman–Crippen MR) is 94.2 cm³/mol. The minimum absolute atomic E-state index is 0. The second kappa shape index (κ2) is 9.08. The van der Waals surface area contributed by atoms with E-state index in [4.69, 9.17) is 5.73 Å². The maximum Gasteiger partial charge on any atom is 0.239 e. The lowest BCUT2D eigenvalue weighted by atomic mass is 10.0. The quantitative estimate of drug-likeness (QED) is 0.873. The minimum Gasteiger partial charge on any atom is -0.508 e. The molecule has 1 amide bonds. The molecule has 1 aliphatic rings. The zero-order valence-corrected chi connectivity index (χ0v) is 14.6. The highest BCUT2D eigenvalue weighted by Gasteiger charge is 2.26. The number of phenolic OH excluding ortho intramolecular Hbond substituents is 1. The van der Waals surface area contributed by atoms with E-state index in [2.05, 4.69) is 4.90 Å². The SMILES string of the molecule is CC(C)[C@@H](N)C(=O)N1CCN(c2ccc(O)cc2)CC1.Cl.Cl. The van der Waals surface area contributed by atoms with Crippen molar-refractivity contribution in [3.63, 3.8) is 0 Å². The third-order valence-corrected chi connectivity index (χ3v) is 3.81. The van der Waals surface area contributed by atoms with Crippen LogP contribution in [0.15, 0.2) is 24.3 Å². The Kier molecular flexibility index (Phi) is 8.60. The van der Waals surface area contributed by atoms with Crippen LogP contribution in [0.3, 0.4) is 0 Å². The summed E-state index contributed by atoms with van der Waals surface area (Å²) in [5, 5.41) is 9.30. The molecule has 0 spiro atoms. The number of halogens is 2. The number of hydrogen-bond acceptors (Lipinski definition) is 4. The first kappa shape index (κ1) is 20.8. The molecule has 0 radical (unpaired) electrons. The van der Waals surface area contributed by atoms with Gasteiger partial charge in [0.05, 0.1) is 6.04 Å². The third-order valence-electron chi connectivity index (χ3n) is 3.81. The van der Waals surface area contributed by atoms with Gasteiger partial charge >= 0.3 is 0 Å². The van der Waals surface area contributed by atoms with Gasteiger partial charge in [-0.3, -0.25) is 4.79 Å². The van der Waals surface area contributed by atoms with Gasteiger partial charge in [0.1, 0.15) is 5.75 Å². The molecule has 1 atom stereocenters. The summed E-state index contributed by atoms with van der Waals surface area (Å²) in [5.74, 6) is 0.480. The zero-order chi connectivity index (χ0) is 14.7. The van der Waals surface area contributed by atoms with Crippen LogP contribution in [0, 0.1) is 5.92 Å². The number of phenols is 1. The van der Waals surface area contributed by atoms with Crippen molar-refractivity contribution in [2.45, 2.75) is 19.9 Å². The highest BCUT2D eigenvalue weighted by Crippen LogP contribution is 2.20. The Morgan fingerprint density at radius 3 is 2.05 bits per heavy atom. The Morgan fingerprint density at radius 1 is 1.09 bits per heavy atom. The van der Waals surface area contributed by atoms with E-state index in [0.717, 1.165) is 18.8 Å². The van der Waals surface area contributed by atoms with E-state index in [9.17, 15) is 9.90 Å². The summed E-state index contributed by atoms with van der Waals surface area (Å²) in [4.78, 5) is 16.2. The summed E-state index contributed by atoms with van der Waals surface area (Å²) in [6.45, 7) is 6.91. The van der Waals surface area contributed by atoms with E-state index >= 15 is 0 Å². The van der Waals surface area contributed by atoms with Gasteiger partial charge < -0.3 is 20.6 Å².